The molecule has 1 aliphatic rings. The zero-order valence-electron chi connectivity index (χ0n) is 18.8. The van der Waals surface area contributed by atoms with Crippen molar-refractivity contribution in [1.82, 2.24) is 4.90 Å². The molecule has 0 amide bonds. The number of nitrogens with zero attached hydrogens (tertiary/aromatic N) is 2. The van der Waals surface area contributed by atoms with E-state index in [1.54, 1.807) is 12.1 Å². The number of rotatable bonds is 11. The van der Waals surface area contributed by atoms with Crippen molar-refractivity contribution < 1.29 is 19.1 Å². The van der Waals surface area contributed by atoms with Crippen LogP contribution in [0.25, 0.3) is 0 Å². The number of hydrogen-bond acceptors (Lipinski definition) is 5. The lowest BCUT2D eigenvalue weighted by molar-refractivity contribution is -0.00648. The summed E-state index contributed by atoms with van der Waals surface area (Å²) < 4.78 is 19.0. The van der Waals surface area contributed by atoms with Crippen LogP contribution >= 0.6 is 11.6 Å². The highest BCUT2D eigenvalue weighted by Gasteiger charge is 2.26. The van der Waals surface area contributed by atoms with E-state index in [0.29, 0.717) is 37.7 Å². The van der Waals surface area contributed by atoms with Crippen LogP contribution in [0.4, 0.5) is 4.39 Å². The smallest absolute Gasteiger partial charge is 0.145 e. The average molecular weight is 483 g/mol. The van der Waals surface area contributed by atoms with Gasteiger partial charge in [0.15, 0.2) is 0 Å². The molecule has 0 fully saturated rings. The number of hydrogen-bond donors (Lipinski definition) is 1. The normalized spacial score (nSPS) is 16.4. The molecule has 1 N–H and O–H groups in total. The number of halogens is 2. The molecule has 3 aromatic carbocycles. The predicted molar refractivity (Wildman–Crippen MR) is 131 cm³/mol. The van der Waals surface area contributed by atoms with Crippen molar-refractivity contribution >= 4 is 17.3 Å². The van der Waals surface area contributed by atoms with Crippen molar-refractivity contribution in [2.75, 3.05) is 19.7 Å². The summed E-state index contributed by atoms with van der Waals surface area (Å²) in [5.41, 5.74) is 3.75. The minimum Gasteiger partial charge on any atom is -0.390 e. The first-order valence-corrected chi connectivity index (χ1v) is 11.7. The lowest BCUT2D eigenvalue weighted by Gasteiger charge is -2.27. The van der Waals surface area contributed by atoms with Crippen LogP contribution in [-0.2, 0) is 22.7 Å². The Morgan fingerprint density at radius 2 is 1.82 bits per heavy atom. The van der Waals surface area contributed by atoms with Crippen LogP contribution in [0, 0.1) is 5.82 Å². The quantitative estimate of drug-likeness (QED) is 0.415. The van der Waals surface area contributed by atoms with Crippen LogP contribution in [0.2, 0.25) is 5.02 Å². The highest BCUT2D eigenvalue weighted by Crippen LogP contribution is 2.20. The van der Waals surface area contributed by atoms with E-state index in [1.165, 1.54) is 12.1 Å². The Labute approximate surface area is 204 Å². The van der Waals surface area contributed by atoms with E-state index in [0.717, 1.165) is 22.4 Å². The van der Waals surface area contributed by atoms with Gasteiger partial charge < -0.3 is 14.7 Å². The molecule has 3 aromatic rings. The number of aliphatic hydroxyl groups excluding tert-OH is 1. The van der Waals surface area contributed by atoms with E-state index in [2.05, 4.69) is 10.1 Å². The molecule has 1 aliphatic heterocycles. The third-order valence-electron chi connectivity index (χ3n) is 5.56. The van der Waals surface area contributed by atoms with Crippen molar-refractivity contribution in [3.05, 3.63) is 106 Å². The maximum absolute atomic E-state index is 13.2. The lowest BCUT2D eigenvalue weighted by Crippen LogP contribution is -2.39. The summed E-state index contributed by atoms with van der Waals surface area (Å²) in [6.07, 6.45) is -0.225. The molecule has 1 heterocycles. The third-order valence-corrected chi connectivity index (χ3v) is 5.79. The van der Waals surface area contributed by atoms with E-state index >= 15 is 0 Å². The van der Waals surface area contributed by atoms with Crippen LogP contribution in [-0.4, -0.2) is 47.6 Å². The van der Waals surface area contributed by atoms with Crippen molar-refractivity contribution in [2.24, 2.45) is 5.16 Å². The van der Waals surface area contributed by atoms with Crippen molar-refractivity contribution in [3.63, 3.8) is 0 Å². The molecule has 7 heteroatoms. The second kappa shape index (κ2) is 12.1. The van der Waals surface area contributed by atoms with Crippen LogP contribution < -0.4 is 0 Å². The van der Waals surface area contributed by atoms with E-state index in [9.17, 15) is 9.50 Å². The fraction of sp³-hybridized carbons (Fsp3) is 0.296. The molecular weight excluding hydrogens is 455 g/mol. The summed E-state index contributed by atoms with van der Waals surface area (Å²) in [5, 5.41) is 15.5. The molecule has 0 unspecified atom stereocenters. The number of benzene rings is 3. The highest BCUT2D eigenvalue weighted by molar-refractivity contribution is 6.30. The summed E-state index contributed by atoms with van der Waals surface area (Å²) in [7, 11) is 0. The van der Waals surface area contributed by atoms with Gasteiger partial charge in [0, 0.05) is 31.1 Å². The minimum absolute atomic E-state index is 0.170. The molecule has 178 valence electrons. The highest BCUT2D eigenvalue weighted by atomic mass is 35.5. The molecule has 0 spiro atoms. The predicted octanol–water partition coefficient (Wildman–Crippen LogP) is 5.05. The number of ether oxygens (including phenoxy) is 1. The Balaban J connectivity index is 1.34. The second-order valence-corrected chi connectivity index (χ2v) is 8.89. The Morgan fingerprint density at radius 1 is 1.06 bits per heavy atom. The van der Waals surface area contributed by atoms with Crippen molar-refractivity contribution in [1.29, 1.82) is 0 Å². The monoisotopic (exact) mass is 482 g/mol. The van der Waals surface area contributed by atoms with E-state index in [4.69, 9.17) is 21.2 Å². The Bertz CT molecular complexity index is 1080. The Kier molecular flexibility index (Phi) is 8.66. The molecule has 0 bridgehead atoms. The molecule has 0 aliphatic carbocycles. The summed E-state index contributed by atoms with van der Waals surface area (Å²) in [6.45, 7) is 2.25. The standard InChI is InChI=1S/C27H28ClFN2O3/c28-23-8-4-7-21(13-23)15-31(16-25(32)19-33-18-20-5-2-1-3-6-20)17-26-14-27(30-34-26)22-9-11-24(29)12-10-22/h1-13,25-26,32H,14-19H2/t25-,26-/m0/s1. The van der Waals surface area contributed by atoms with Crippen LogP contribution in [0.15, 0.2) is 84.0 Å². The maximum Gasteiger partial charge on any atom is 0.145 e. The molecular formula is C27H28ClFN2O3. The summed E-state index contributed by atoms with van der Waals surface area (Å²) >= 11 is 6.17. The van der Waals surface area contributed by atoms with Gasteiger partial charge in [0.05, 0.1) is 25.0 Å². The lowest BCUT2D eigenvalue weighted by atomic mass is 10.0. The fourth-order valence-electron chi connectivity index (χ4n) is 3.96. The number of aliphatic hydroxyl groups is 1. The van der Waals surface area contributed by atoms with Gasteiger partial charge in [-0.25, -0.2) is 4.39 Å². The first kappa shape index (κ1) is 24.4. The third kappa shape index (κ3) is 7.37. The molecule has 0 radical (unpaired) electrons. The van der Waals surface area contributed by atoms with Crippen LogP contribution in [0.1, 0.15) is 23.1 Å². The van der Waals surface area contributed by atoms with Gasteiger partial charge in [-0.15, -0.1) is 0 Å². The molecule has 0 aromatic heterocycles. The van der Waals surface area contributed by atoms with Gasteiger partial charge in [-0.2, -0.15) is 0 Å². The SMILES string of the molecule is O[C@H](COCc1ccccc1)CN(Cc1cccc(Cl)c1)C[C@@H]1CC(c2ccc(F)cc2)=NO1. The molecule has 2 atom stereocenters. The van der Waals surface area contributed by atoms with Crippen molar-refractivity contribution in [2.45, 2.75) is 31.8 Å². The van der Waals surface area contributed by atoms with Gasteiger partial charge in [-0.1, -0.05) is 71.4 Å². The fourth-order valence-corrected chi connectivity index (χ4v) is 4.17. The van der Waals surface area contributed by atoms with Gasteiger partial charge in [0.1, 0.15) is 11.9 Å². The molecule has 4 rings (SSSR count). The zero-order valence-corrected chi connectivity index (χ0v) is 19.6. The topological polar surface area (TPSA) is 54.3 Å². The van der Waals surface area contributed by atoms with E-state index < -0.39 is 6.10 Å². The van der Waals surface area contributed by atoms with Gasteiger partial charge in [-0.05, 0) is 41.0 Å². The zero-order chi connectivity index (χ0) is 23.8. The Morgan fingerprint density at radius 3 is 2.59 bits per heavy atom. The van der Waals surface area contributed by atoms with Crippen LogP contribution in [0.5, 0.6) is 0 Å². The molecule has 0 saturated heterocycles. The summed E-state index contributed by atoms with van der Waals surface area (Å²) in [4.78, 5) is 7.80. The van der Waals surface area contributed by atoms with Gasteiger partial charge in [-0.3, -0.25) is 4.90 Å². The number of oxime groups is 1. The summed E-state index contributed by atoms with van der Waals surface area (Å²) in [6, 6.07) is 23.8. The summed E-state index contributed by atoms with van der Waals surface area (Å²) in [5.74, 6) is -0.281. The van der Waals surface area contributed by atoms with E-state index in [-0.39, 0.29) is 18.5 Å². The largest absolute Gasteiger partial charge is 0.390 e. The van der Waals surface area contributed by atoms with E-state index in [1.807, 2.05) is 54.6 Å². The second-order valence-electron chi connectivity index (χ2n) is 8.45. The first-order chi connectivity index (χ1) is 16.5. The minimum atomic E-state index is -0.665. The molecule has 0 saturated carbocycles. The van der Waals surface area contributed by atoms with Gasteiger partial charge >= 0.3 is 0 Å². The van der Waals surface area contributed by atoms with Crippen LogP contribution in [0.3, 0.4) is 0 Å². The van der Waals surface area contributed by atoms with Gasteiger partial charge in [0.2, 0.25) is 0 Å². The van der Waals surface area contributed by atoms with Gasteiger partial charge in [0.25, 0.3) is 0 Å². The molecule has 5 nitrogen and oxygen atoms in total. The van der Waals surface area contributed by atoms with Crippen molar-refractivity contribution in [3.8, 4) is 0 Å². The molecule has 34 heavy (non-hydrogen) atoms. The first-order valence-electron chi connectivity index (χ1n) is 11.3. The maximum atomic E-state index is 13.2. The average Bonchev–Trinajstić information content (AvgIpc) is 3.28. The Hall–Kier alpha value is -2.77.